The van der Waals surface area contributed by atoms with Gasteiger partial charge in [-0.1, -0.05) is 30.3 Å². The third-order valence-corrected chi connectivity index (χ3v) is 4.13. The van der Waals surface area contributed by atoms with Crippen molar-refractivity contribution in [2.45, 2.75) is 6.92 Å². The summed E-state index contributed by atoms with van der Waals surface area (Å²) in [6.07, 6.45) is 0. The molecule has 5 heteroatoms. The van der Waals surface area contributed by atoms with E-state index in [-0.39, 0.29) is 5.82 Å². The van der Waals surface area contributed by atoms with E-state index in [4.69, 9.17) is 14.7 Å². The highest BCUT2D eigenvalue weighted by atomic mass is 19.1. The van der Waals surface area contributed by atoms with Crippen molar-refractivity contribution in [1.29, 1.82) is 0 Å². The fourth-order valence-corrected chi connectivity index (χ4v) is 2.83. The van der Waals surface area contributed by atoms with Crippen LogP contribution in [0.1, 0.15) is 18.1 Å². The molecule has 1 heterocycles. The van der Waals surface area contributed by atoms with Gasteiger partial charge in [0, 0.05) is 17.2 Å². The van der Waals surface area contributed by atoms with E-state index in [0.717, 1.165) is 28.3 Å². The maximum atomic E-state index is 13.3. The van der Waals surface area contributed by atoms with E-state index in [9.17, 15) is 4.39 Å². The zero-order valence-electron chi connectivity index (χ0n) is 14.8. The first-order valence-electron chi connectivity index (χ1n) is 8.75. The number of hydrogen-bond donors (Lipinski definition) is 1. The summed E-state index contributed by atoms with van der Waals surface area (Å²) in [4.78, 5) is 9.43. The van der Waals surface area contributed by atoms with Crippen LogP contribution in [0.4, 0.5) is 15.8 Å². The number of halogens is 1. The highest BCUT2D eigenvalue weighted by molar-refractivity contribution is 6.19. The Hall–Kier alpha value is -3.47. The minimum atomic E-state index is -0.292. The van der Waals surface area contributed by atoms with E-state index in [2.05, 4.69) is 5.32 Å². The van der Waals surface area contributed by atoms with Crippen LogP contribution in [-0.4, -0.2) is 18.3 Å². The lowest BCUT2D eigenvalue weighted by molar-refractivity contribution is 0.340. The summed E-state index contributed by atoms with van der Waals surface area (Å²) < 4.78 is 18.9. The maximum Gasteiger partial charge on any atom is 0.162 e. The van der Waals surface area contributed by atoms with Gasteiger partial charge in [0.1, 0.15) is 17.4 Å². The number of nitrogens with zero attached hydrogens (tertiary/aromatic N) is 2. The van der Waals surface area contributed by atoms with Gasteiger partial charge in [-0.15, -0.1) is 0 Å². The van der Waals surface area contributed by atoms with E-state index < -0.39 is 0 Å². The van der Waals surface area contributed by atoms with Crippen LogP contribution in [0.5, 0.6) is 5.75 Å². The fourth-order valence-electron chi connectivity index (χ4n) is 2.83. The molecule has 0 unspecified atom stereocenters. The summed E-state index contributed by atoms with van der Waals surface area (Å²) in [5.74, 6) is 1.66. The molecule has 0 spiro atoms. The van der Waals surface area contributed by atoms with Gasteiger partial charge >= 0.3 is 0 Å². The van der Waals surface area contributed by atoms with Crippen molar-refractivity contribution in [2.24, 2.45) is 9.98 Å². The topological polar surface area (TPSA) is 46.0 Å². The standard InChI is InChI=1S/C22H18FN3O/c1-2-27-18-12-13-19-20(14-18)25-21(15-6-4-3-5-7-15)26-22(24-19)16-8-10-17(23)11-9-16/h3-14H,2H2,1H3,(H,24,25,26). The number of rotatable bonds is 4. The zero-order valence-corrected chi connectivity index (χ0v) is 14.8. The van der Waals surface area contributed by atoms with Crippen molar-refractivity contribution in [2.75, 3.05) is 11.9 Å². The van der Waals surface area contributed by atoms with Crippen molar-refractivity contribution < 1.29 is 9.13 Å². The summed E-state index contributed by atoms with van der Waals surface area (Å²) in [6.45, 7) is 2.53. The van der Waals surface area contributed by atoms with Crippen molar-refractivity contribution in [3.63, 3.8) is 0 Å². The molecule has 0 atom stereocenters. The second kappa shape index (κ2) is 7.41. The SMILES string of the molecule is CCOc1ccc2c(c1)NC(c1ccccc1)=NC(c1ccc(F)cc1)=N2. The summed E-state index contributed by atoms with van der Waals surface area (Å²) in [5.41, 5.74) is 3.23. The first kappa shape index (κ1) is 17.0. The smallest absolute Gasteiger partial charge is 0.162 e. The Morgan fingerprint density at radius 2 is 1.67 bits per heavy atom. The lowest BCUT2D eigenvalue weighted by Crippen LogP contribution is -2.15. The number of ether oxygens (including phenoxy) is 1. The molecule has 0 aliphatic carbocycles. The van der Waals surface area contributed by atoms with E-state index in [1.165, 1.54) is 12.1 Å². The van der Waals surface area contributed by atoms with Crippen LogP contribution in [-0.2, 0) is 0 Å². The van der Waals surface area contributed by atoms with Crippen LogP contribution in [0.3, 0.4) is 0 Å². The number of benzene rings is 3. The number of aliphatic imine (C=N–C) groups is 2. The molecule has 0 fully saturated rings. The van der Waals surface area contributed by atoms with Gasteiger partial charge in [0.2, 0.25) is 0 Å². The molecule has 0 saturated carbocycles. The molecule has 134 valence electrons. The van der Waals surface area contributed by atoms with Crippen LogP contribution in [0.15, 0.2) is 82.8 Å². The number of fused-ring (bicyclic) bond motifs is 1. The summed E-state index contributed by atoms with van der Waals surface area (Å²) in [6, 6.07) is 21.7. The van der Waals surface area contributed by atoms with Crippen LogP contribution in [0.2, 0.25) is 0 Å². The van der Waals surface area contributed by atoms with E-state index in [1.807, 2.05) is 55.5 Å². The Morgan fingerprint density at radius 3 is 2.41 bits per heavy atom. The predicted octanol–water partition coefficient (Wildman–Crippen LogP) is 5.18. The first-order valence-corrected chi connectivity index (χ1v) is 8.75. The van der Waals surface area contributed by atoms with Crippen LogP contribution >= 0.6 is 0 Å². The molecular weight excluding hydrogens is 341 g/mol. The molecule has 4 nitrogen and oxygen atoms in total. The molecule has 0 aromatic heterocycles. The fraction of sp³-hybridized carbons (Fsp3) is 0.0909. The van der Waals surface area contributed by atoms with Gasteiger partial charge in [-0.25, -0.2) is 14.4 Å². The van der Waals surface area contributed by atoms with Gasteiger partial charge in [-0.05, 0) is 43.3 Å². The monoisotopic (exact) mass is 359 g/mol. The van der Waals surface area contributed by atoms with Gasteiger partial charge in [0.05, 0.1) is 18.0 Å². The Balaban J connectivity index is 1.85. The molecule has 3 aromatic rings. The highest BCUT2D eigenvalue weighted by Crippen LogP contribution is 2.32. The molecule has 1 aliphatic rings. The molecule has 0 radical (unpaired) electrons. The van der Waals surface area contributed by atoms with Crippen LogP contribution in [0, 0.1) is 5.82 Å². The normalized spacial score (nSPS) is 13.0. The van der Waals surface area contributed by atoms with E-state index >= 15 is 0 Å². The molecule has 0 bridgehead atoms. The third-order valence-electron chi connectivity index (χ3n) is 4.13. The average Bonchev–Trinajstić information content (AvgIpc) is 2.89. The zero-order chi connectivity index (χ0) is 18.6. The van der Waals surface area contributed by atoms with E-state index in [0.29, 0.717) is 18.3 Å². The molecule has 27 heavy (non-hydrogen) atoms. The Kier molecular flexibility index (Phi) is 4.66. The quantitative estimate of drug-likeness (QED) is 0.698. The molecule has 3 aromatic carbocycles. The van der Waals surface area contributed by atoms with Crippen LogP contribution in [0.25, 0.3) is 0 Å². The number of anilines is 1. The van der Waals surface area contributed by atoms with Crippen LogP contribution < -0.4 is 10.1 Å². The second-order valence-corrected chi connectivity index (χ2v) is 6.01. The first-order chi connectivity index (χ1) is 13.2. The van der Waals surface area contributed by atoms with Crippen molar-refractivity contribution in [3.8, 4) is 5.75 Å². The minimum Gasteiger partial charge on any atom is -0.494 e. The average molecular weight is 359 g/mol. The maximum absolute atomic E-state index is 13.3. The second-order valence-electron chi connectivity index (χ2n) is 6.01. The van der Waals surface area contributed by atoms with E-state index in [1.54, 1.807) is 12.1 Å². The van der Waals surface area contributed by atoms with Crippen molar-refractivity contribution in [1.82, 2.24) is 0 Å². The molecule has 4 rings (SSSR count). The number of amidine groups is 2. The Morgan fingerprint density at radius 1 is 0.889 bits per heavy atom. The Bertz CT molecular complexity index is 1010. The lowest BCUT2D eigenvalue weighted by atomic mass is 10.2. The van der Waals surface area contributed by atoms with Gasteiger partial charge in [0.25, 0.3) is 0 Å². The summed E-state index contributed by atoms with van der Waals surface area (Å²) in [5, 5.41) is 3.37. The number of hydrogen-bond acceptors (Lipinski definition) is 4. The molecule has 0 saturated heterocycles. The minimum absolute atomic E-state index is 0.292. The Labute approximate surface area is 157 Å². The lowest BCUT2D eigenvalue weighted by Gasteiger charge is -2.11. The van der Waals surface area contributed by atoms with Gasteiger partial charge in [0.15, 0.2) is 5.84 Å². The summed E-state index contributed by atoms with van der Waals surface area (Å²) in [7, 11) is 0. The molecule has 1 N–H and O–H groups in total. The van der Waals surface area contributed by atoms with Gasteiger partial charge in [-0.3, -0.25) is 0 Å². The number of nitrogens with one attached hydrogen (secondary N) is 1. The van der Waals surface area contributed by atoms with Crippen molar-refractivity contribution in [3.05, 3.63) is 89.7 Å². The summed E-state index contributed by atoms with van der Waals surface area (Å²) >= 11 is 0. The largest absolute Gasteiger partial charge is 0.494 e. The van der Waals surface area contributed by atoms with Gasteiger partial charge < -0.3 is 10.1 Å². The van der Waals surface area contributed by atoms with Crippen molar-refractivity contribution >= 4 is 23.0 Å². The molecular formula is C22H18FN3O. The molecule has 1 aliphatic heterocycles. The molecule has 0 amide bonds. The predicted molar refractivity (Wildman–Crippen MR) is 107 cm³/mol. The van der Waals surface area contributed by atoms with Gasteiger partial charge in [-0.2, -0.15) is 0 Å². The third kappa shape index (κ3) is 3.72. The highest BCUT2D eigenvalue weighted by Gasteiger charge is 2.16.